The first-order valence-corrected chi connectivity index (χ1v) is 10.7. The molecule has 0 spiro atoms. The lowest BCUT2D eigenvalue weighted by atomic mass is 10.0. The highest BCUT2D eigenvalue weighted by Crippen LogP contribution is 2.29. The van der Waals surface area contributed by atoms with Crippen LogP contribution in [0.4, 0.5) is 11.5 Å². The SMILES string of the molecule is Cc1cc(N2CCN(C)CC2)nc2ccc(NC(=O)CCC3CCCC3)cc12. The van der Waals surface area contributed by atoms with Crippen LogP contribution in [0, 0.1) is 12.8 Å². The molecule has 1 aromatic heterocycles. The van der Waals surface area contributed by atoms with E-state index in [0.717, 1.165) is 60.9 Å². The van der Waals surface area contributed by atoms with Gasteiger partial charge in [-0.3, -0.25) is 4.79 Å². The highest BCUT2D eigenvalue weighted by Gasteiger charge is 2.18. The number of nitrogens with one attached hydrogen (secondary N) is 1. The van der Waals surface area contributed by atoms with Crippen LogP contribution in [0.15, 0.2) is 24.3 Å². The molecule has 1 aromatic carbocycles. The second-order valence-corrected chi connectivity index (χ2v) is 8.56. The summed E-state index contributed by atoms with van der Waals surface area (Å²) in [6, 6.07) is 8.27. The third-order valence-corrected chi connectivity index (χ3v) is 6.37. The molecule has 2 heterocycles. The van der Waals surface area contributed by atoms with Crippen molar-refractivity contribution in [2.24, 2.45) is 5.92 Å². The molecular weight excluding hydrogens is 348 g/mol. The van der Waals surface area contributed by atoms with Gasteiger partial charge in [0.2, 0.25) is 5.91 Å². The van der Waals surface area contributed by atoms with Crippen LogP contribution in [0.25, 0.3) is 10.9 Å². The van der Waals surface area contributed by atoms with Gasteiger partial charge in [0.1, 0.15) is 5.82 Å². The van der Waals surface area contributed by atoms with E-state index in [4.69, 9.17) is 4.98 Å². The summed E-state index contributed by atoms with van der Waals surface area (Å²) in [6.45, 7) is 6.32. The summed E-state index contributed by atoms with van der Waals surface area (Å²) in [5.74, 6) is 1.94. The van der Waals surface area contributed by atoms with Gasteiger partial charge in [-0.25, -0.2) is 4.98 Å². The molecule has 0 bridgehead atoms. The normalized spacial score (nSPS) is 18.7. The Hall–Kier alpha value is -2.14. The molecule has 4 rings (SSSR count). The molecule has 1 saturated carbocycles. The fourth-order valence-electron chi connectivity index (χ4n) is 4.51. The summed E-state index contributed by atoms with van der Waals surface area (Å²) in [7, 11) is 2.17. The second-order valence-electron chi connectivity index (χ2n) is 8.56. The largest absolute Gasteiger partial charge is 0.354 e. The van der Waals surface area contributed by atoms with Gasteiger partial charge >= 0.3 is 0 Å². The predicted molar refractivity (Wildman–Crippen MR) is 116 cm³/mol. The molecule has 1 N–H and O–H groups in total. The van der Waals surface area contributed by atoms with Gasteiger partial charge in [0.05, 0.1) is 5.52 Å². The number of piperazine rings is 1. The van der Waals surface area contributed by atoms with E-state index in [-0.39, 0.29) is 5.91 Å². The fourth-order valence-corrected chi connectivity index (χ4v) is 4.51. The average Bonchev–Trinajstić information content (AvgIpc) is 3.21. The number of rotatable bonds is 5. The molecule has 2 fully saturated rings. The van der Waals surface area contributed by atoms with E-state index in [2.05, 4.69) is 41.2 Å². The molecule has 28 heavy (non-hydrogen) atoms. The van der Waals surface area contributed by atoms with Crippen molar-refractivity contribution in [3.63, 3.8) is 0 Å². The van der Waals surface area contributed by atoms with E-state index in [1.807, 2.05) is 12.1 Å². The van der Waals surface area contributed by atoms with Crippen molar-refractivity contribution >= 4 is 28.3 Å². The maximum atomic E-state index is 12.3. The number of aryl methyl sites for hydroxylation is 1. The Kier molecular flexibility index (Phi) is 5.81. The number of nitrogens with zero attached hydrogens (tertiary/aromatic N) is 3. The Bertz CT molecular complexity index is 836. The number of amides is 1. The number of hydrogen-bond acceptors (Lipinski definition) is 4. The number of hydrogen-bond donors (Lipinski definition) is 1. The highest BCUT2D eigenvalue weighted by atomic mass is 16.1. The van der Waals surface area contributed by atoms with E-state index < -0.39 is 0 Å². The summed E-state index contributed by atoms with van der Waals surface area (Å²) in [5.41, 5.74) is 3.08. The maximum absolute atomic E-state index is 12.3. The van der Waals surface area contributed by atoms with E-state index in [1.165, 1.54) is 31.2 Å². The number of fused-ring (bicyclic) bond motifs is 1. The third-order valence-electron chi connectivity index (χ3n) is 6.37. The molecule has 1 amide bonds. The molecule has 0 unspecified atom stereocenters. The maximum Gasteiger partial charge on any atom is 0.224 e. The van der Waals surface area contributed by atoms with Crippen molar-refractivity contribution in [2.45, 2.75) is 45.4 Å². The summed E-state index contributed by atoms with van der Waals surface area (Å²) in [6.07, 6.45) is 6.91. The molecule has 2 aliphatic rings. The molecule has 5 nitrogen and oxygen atoms in total. The lowest BCUT2D eigenvalue weighted by molar-refractivity contribution is -0.116. The lowest BCUT2D eigenvalue weighted by Crippen LogP contribution is -2.44. The summed E-state index contributed by atoms with van der Waals surface area (Å²) >= 11 is 0. The van der Waals surface area contributed by atoms with Crippen molar-refractivity contribution in [3.8, 4) is 0 Å². The van der Waals surface area contributed by atoms with Crippen molar-refractivity contribution in [1.29, 1.82) is 0 Å². The first-order chi connectivity index (χ1) is 13.6. The standard InChI is InChI=1S/C23H32N4O/c1-17-15-22(27-13-11-26(2)12-14-27)25-21-9-8-19(16-20(17)21)24-23(28)10-7-18-5-3-4-6-18/h8-9,15-16,18H,3-7,10-14H2,1-2H3,(H,24,28). The summed E-state index contributed by atoms with van der Waals surface area (Å²) in [4.78, 5) is 21.9. The number of pyridine rings is 1. The van der Waals surface area contributed by atoms with Crippen LogP contribution >= 0.6 is 0 Å². The van der Waals surface area contributed by atoms with Crippen LogP contribution in [0.2, 0.25) is 0 Å². The van der Waals surface area contributed by atoms with E-state index in [1.54, 1.807) is 0 Å². The van der Waals surface area contributed by atoms with Crippen LogP contribution < -0.4 is 10.2 Å². The smallest absolute Gasteiger partial charge is 0.224 e. The Morgan fingerprint density at radius 2 is 1.89 bits per heavy atom. The van der Waals surface area contributed by atoms with Crippen LogP contribution in [0.1, 0.15) is 44.1 Å². The molecule has 0 atom stereocenters. The van der Waals surface area contributed by atoms with Crippen molar-refractivity contribution in [2.75, 3.05) is 43.4 Å². The molecule has 1 aliphatic heterocycles. The second kappa shape index (κ2) is 8.48. The third kappa shape index (κ3) is 4.46. The Morgan fingerprint density at radius 1 is 1.14 bits per heavy atom. The minimum Gasteiger partial charge on any atom is -0.354 e. The predicted octanol–water partition coefficient (Wildman–Crippen LogP) is 4.20. The molecular formula is C23H32N4O. The fraction of sp³-hybridized carbons (Fsp3) is 0.565. The number of anilines is 2. The van der Waals surface area contributed by atoms with E-state index in [9.17, 15) is 4.79 Å². The zero-order chi connectivity index (χ0) is 19.5. The Labute approximate surface area is 168 Å². The molecule has 2 aromatic rings. The Balaban J connectivity index is 1.44. The van der Waals surface area contributed by atoms with Gasteiger partial charge in [-0.1, -0.05) is 25.7 Å². The first kappa shape index (κ1) is 19.2. The minimum absolute atomic E-state index is 0.130. The highest BCUT2D eigenvalue weighted by molar-refractivity contribution is 5.94. The van der Waals surface area contributed by atoms with Crippen molar-refractivity contribution in [1.82, 2.24) is 9.88 Å². The molecule has 1 saturated heterocycles. The van der Waals surface area contributed by atoms with Crippen molar-refractivity contribution < 1.29 is 4.79 Å². The quantitative estimate of drug-likeness (QED) is 0.844. The first-order valence-electron chi connectivity index (χ1n) is 10.7. The van der Waals surface area contributed by atoms with Gasteiger partial charge in [-0.15, -0.1) is 0 Å². The lowest BCUT2D eigenvalue weighted by Gasteiger charge is -2.33. The van der Waals surface area contributed by atoms with Gasteiger partial charge in [0.25, 0.3) is 0 Å². The average molecular weight is 381 g/mol. The summed E-state index contributed by atoms with van der Waals surface area (Å²) < 4.78 is 0. The number of carbonyl (C=O) groups is 1. The number of benzene rings is 1. The minimum atomic E-state index is 0.130. The number of likely N-dealkylation sites (N-methyl/N-ethyl adjacent to an activating group) is 1. The monoisotopic (exact) mass is 380 g/mol. The van der Waals surface area contributed by atoms with Gasteiger partial charge < -0.3 is 15.1 Å². The molecule has 5 heteroatoms. The van der Waals surface area contributed by atoms with Crippen molar-refractivity contribution in [3.05, 3.63) is 29.8 Å². The molecule has 0 radical (unpaired) electrons. The summed E-state index contributed by atoms with van der Waals surface area (Å²) in [5, 5.41) is 4.20. The molecule has 1 aliphatic carbocycles. The van der Waals surface area contributed by atoms with Crippen LogP contribution in [-0.2, 0) is 4.79 Å². The number of aromatic nitrogens is 1. The van der Waals surface area contributed by atoms with Gasteiger partial charge in [-0.05, 0) is 56.1 Å². The van der Waals surface area contributed by atoms with Crippen LogP contribution in [0.3, 0.4) is 0 Å². The van der Waals surface area contributed by atoms with Gasteiger partial charge in [0, 0.05) is 43.7 Å². The van der Waals surface area contributed by atoms with Crippen LogP contribution in [-0.4, -0.2) is 49.0 Å². The zero-order valence-corrected chi connectivity index (χ0v) is 17.2. The van der Waals surface area contributed by atoms with Gasteiger partial charge in [-0.2, -0.15) is 0 Å². The van der Waals surface area contributed by atoms with E-state index in [0.29, 0.717) is 6.42 Å². The molecule has 150 valence electrons. The zero-order valence-electron chi connectivity index (χ0n) is 17.2. The number of carbonyl (C=O) groups excluding carboxylic acids is 1. The topological polar surface area (TPSA) is 48.5 Å². The van der Waals surface area contributed by atoms with E-state index >= 15 is 0 Å². The van der Waals surface area contributed by atoms with Gasteiger partial charge in [0.15, 0.2) is 0 Å². The Morgan fingerprint density at radius 3 is 2.64 bits per heavy atom. The van der Waals surface area contributed by atoms with Crippen LogP contribution in [0.5, 0.6) is 0 Å².